The maximum absolute atomic E-state index is 6.46. The minimum atomic E-state index is 0.00685. The van der Waals surface area contributed by atoms with Crippen molar-refractivity contribution in [3.05, 3.63) is 47.0 Å². The zero-order valence-corrected chi connectivity index (χ0v) is 11.1. The molecule has 2 aromatic carbocycles. The Morgan fingerprint density at radius 2 is 1.95 bits per heavy atom. The van der Waals surface area contributed by atoms with Crippen LogP contribution in [0.2, 0.25) is 0 Å². The van der Waals surface area contributed by atoms with Crippen LogP contribution in [0.15, 0.2) is 30.3 Å². The van der Waals surface area contributed by atoms with Crippen LogP contribution in [0, 0.1) is 0 Å². The normalized spacial score (nSPS) is 23.1. The van der Waals surface area contributed by atoms with Crippen molar-refractivity contribution in [3.8, 4) is 0 Å². The summed E-state index contributed by atoms with van der Waals surface area (Å²) >= 11 is 0. The standard InChI is InChI=1S/C17H19NO/c18-17(15-5-2-10-19-15)14-9-8-12-7-6-11-3-1-4-13(14)16(11)12/h1,3-4,8-9,15,17H,2,5-7,10,18H2. The molecule has 0 aromatic heterocycles. The third kappa shape index (κ3) is 1.71. The van der Waals surface area contributed by atoms with Gasteiger partial charge in [0, 0.05) is 6.61 Å². The Morgan fingerprint density at radius 1 is 1.11 bits per heavy atom. The van der Waals surface area contributed by atoms with E-state index in [2.05, 4.69) is 30.3 Å². The molecule has 1 aliphatic carbocycles. The van der Waals surface area contributed by atoms with Gasteiger partial charge in [-0.1, -0.05) is 30.3 Å². The number of aryl methyl sites for hydroxylation is 2. The number of hydrogen-bond donors (Lipinski definition) is 1. The Balaban J connectivity index is 1.87. The van der Waals surface area contributed by atoms with Crippen molar-refractivity contribution in [1.82, 2.24) is 0 Å². The summed E-state index contributed by atoms with van der Waals surface area (Å²) in [4.78, 5) is 0. The first-order valence-electron chi connectivity index (χ1n) is 7.25. The van der Waals surface area contributed by atoms with E-state index >= 15 is 0 Å². The molecule has 98 valence electrons. The summed E-state index contributed by atoms with van der Waals surface area (Å²) in [5.41, 5.74) is 10.7. The Morgan fingerprint density at radius 3 is 2.74 bits per heavy atom. The second-order valence-corrected chi connectivity index (χ2v) is 5.73. The van der Waals surface area contributed by atoms with E-state index in [1.165, 1.54) is 40.3 Å². The Bertz CT molecular complexity index is 618. The topological polar surface area (TPSA) is 35.2 Å². The number of rotatable bonds is 2. The zero-order chi connectivity index (χ0) is 12.8. The molecule has 2 heteroatoms. The van der Waals surface area contributed by atoms with Crippen molar-refractivity contribution < 1.29 is 4.74 Å². The summed E-state index contributed by atoms with van der Waals surface area (Å²) < 4.78 is 5.77. The van der Waals surface area contributed by atoms with E-state index in [1.807, 2.05) is 0 Å². The summed E-state index contributed by atoms with van der Waals surface area (Å²) in [6.45, 7) is 0.861. The SMILES string of the molecule is NC(c1ccc2c3c(cccc13)CC2)C1CCCO1. The molecule has 0 bridgehead atoms. The molecular weight excluding hydrogens is 234 g/mol. The lowest BCUT2D eigenvalue weighted by Crippen LogP contribution is -2.25. The Labute approximate surface area is 113 Å². The van der Waals surface area contributed by atoms with Crippen LogP contribution in [-0.4, -0.2) is 12.7 Å². The fourth-order valence-electron chi connectivity index (χ4n) is 3.65. The first-order chi connectivity index (χ1) is 9.34. The predicted octanol–water partition coefficient (Wildman–Crippen LogP) is 3.12. The Hall–Kier alpha value is -1.38. The fourth-order valence-corrected chi connectivity index (χ4v) is 3.65. The minimum Gasteiger partial charge on any atom is -0.376 e. The van der Waals surface area contributed by atoms with Crippen molar-refractivity contribution in [2.45, 2.75) is 37.8 Å². The van der Waals surface area contributed by atoms with Gasteiger partial charge in [-0.25, -0.2) is 0 Å². The summed E-state index contributed by atoms with van der Waals surface area (Å²) in [6.07, 6.45) is 4.76. The van der Waals surface area contributed by atoms with Crippen LogP contribution < -0.4 is 5.73 Å². The smallest absolute Gasteiger partial charge is 0.0768 e. The second-order valence-electron chi connectivity index (χ2n) is 5.73. The molecule has 2 unspecified atom stereocenters. The molecule has 2 aliphatic rings. The van der Waals surface area contributed by atoms with Crippen molar-refractivity contribution in [3.63, 3.8) is 0 Å². The maximum Gasteiger partial charge on any atom is 0.0768 e. The third-order valence-electron chi connectivity index (χ3n) is 4.64. The van der Waals surface area contributed by atoms with Gasteiger partial charge in [0.15, 0.2) is 0 Å². The molecule has 2 nitrogen and oxygen atoms in total. The van der Waals surface area contributed by atoms with Crippen LogP contribution >= 0.6 is 0 Å². The molecule has 0 saturated carbocycles. The van der Waals surface area contributed by atoms with Gasteiger partial charge in [-0.2, -0.15) is 0 Å². The maximum atomic E-state index is 6.46. The van der Waals surface area contributed by atoms with E-state index in [1.54, 1.807) is 0 Å². The third-order valence-corrected chi connectivity index (χ3v) is 4.64. The first kappa shape index (κ1) is 11.4. The van der Waals surface area contributed by atoms with Gasteiger partial charge >= 0.3 is 0 Å². The molecule has 0 spiro atoms. The van der Waals surface area contributed by atoms with Crippen LogP contribution in [0.3, 0.4) is 0 Å². The summed E-state index contributed by atoms with van der Waals surface area (Å²) in [6, 6.07) is 11.1. The first-order valence-corrected chi connectivity index (χ1v) is 7.25. The van der Waals surface area contributed by atoms with Crippen LogP contribution in [0.1, 0.15) is 35.6 Å². The molecule has 0 radical (unpaired) electrons. The van der Waals surface area contributed by atoms with Gasteiger partial charge in [0.2, 0.25) is 0 Å². The summed E-state index contributed by atoms with van der Waals surface area (Å²) in [7, 11) is 0. The predicted molar refractivity (Wildman–Crippen MR) is 77.3 cm³/mol. The second kappa shape index (κ2) is 4.32. The van der Waals surface area contributed by atoms with E-state index < -0.39 is 0 Å². The quantitative estimate of drug-likeness (QED) is 0.892. The zero-order valence-electron chi connectivity index (χ0n) is 11.1. The van der Waals surface area contributed by atoms with E-state index in [-0.39, 0.29) is 12.1 Å². The highest BCUT2D eigenvalue weighted by atomic mass is 16.5. The van der Waals surface area contributed by atoms with Crippen LogP contribution in [0.25, 0.3) is 10.8 Å². The van der Waals surface area contributed by atoms with Gasteiger partial charge in [0.05, 0.1) is 12.1 Å². The molecule has 2 N–H and O–H groups in total. The van der Waals surface area contributed by atoms with E-state index in [0.29, 0.717) is 0 Å². The molecular formula is C17H19NO. The highest BCUT2D eigenvalue weighted by Crippen LogP contribution is 2.36. The van der Waals surface area contributed by atoms with Crippen molar-refractivity contribution in [2.75, 3.05) is 6.61 Å². The average Bonchev–Trinajstić information content (AvgIpc) is 3.09. The molecule has 1 aliphatic heterocycles. The summed E-state index contributed by atoms with van der Waals surface area (Å²) in [5.74, 6) is 0. The molecule has 0 amide bonds. The van der Waals surface area contributed by atoms with Crippen LogP contribution in [0.4, 0.5) is 0 Å². The number of nitrogens with two attached hydrogens (primary N) is 1. The number of ether oxygens (including phenoxy) is 1. The van der Waals surface area contributed by atoms with Gasteiger partial charge < -0.3 is 10.5 Å². The molecule has 19 heavy (non-hydrogen) atoms. The number of hydrogen-bond acceptors (Lipinski definition) is 2. The molecule has 4 rings (SSSR count). The van der Waals surface area contributed by atoms with E-state index in [4.69, 9.17) is 10.5 Å². The summed E-state index contributed by atoms with van der Waals surface area (Å²) in [5, 5.41) is 2.80. The van der Waals surface area contributed by atoms with Crippen molar-refractivity contribution >= 4 is 10.8 Å². The number of benzene rings is 2. The molecule has 1 saturated heterocycles. The lowest BCUT2D eigenvalue weighted by Gasteiger charge is -2.21. The van der Waals surface area contributed by atoms with Gasteiger partial charge in [-0.3, -0.25) is 0 Å². The van der Waals surface area contributed by atoms with Gasteiger partial charge in [-0.15, -0.1) is 0 Å². The van der Waals surface area contributed by atoms with E-state index in [0.717, 1.165) is 19.4 Å². The fraction of sp³-hybridized carbons (Fsp3) is 0.412. The molecule has 2 atom stereocenters. The average molecular weight is 253 g/mol. The van der Waals surface area contributed by atoms with Gasteiger partial charge in [-0.05, 0) is 53.1 Å². The molecule has 2 aromatic rings. The Kier molecular flexibility index (Phi) is 2.61. The molecule has 1 heterocycles. The highest BCUT2D eigenvalue weighted by Gasteiger charge is 2.26. The lowest BCUT2D eigenvalue weighted by molar-refractivity contribution is 0.0904. The van der Waals surface area contributed by atoms with Gasteiger partial charge in [0.25, 0.3) is 0 Å². The largest absolute Gasteiger partial charge is 0.376 e. The minimum absolute atomic E-state index is 0.00685. The van der Waals surface area contributed by atoms with Crippen molar-refractivity contribution in [1.29, 1.82) is 0 Å². The lowest BCUT2D eigenvalue weighted by atomic mass is 9.92. The molecule has 1 fully saturated rings. The van der Waals surface area contributed by atoms with E-state index in [9.17, 15) is 0 Å². The van der Waals surface area contributed by atoms with Crippen LogP contribution in [-0.2, 0) is 17.6 Å². The van der Waals surface area contributed by atoms with Crippen molar-refractivity contribution in [2.24, 2.45) is 5.73 Å². The van der Waals surface area contributed by atoms with Gasteiger partial charge in [0.1, 0.15) is 0 Å². The monoisotopic (exact) mass is 253 g/mol. The highest BCUT2D eigenvalue weighted by molar-refractivity contribution is 5.93. The van der Waals surface area contributed by atoms with Crippen LogP contribution in [0.5, 0.6) is 0 Å².